The van der Waals surface area contributed by atoms with Crippen molar-refractivity contribution in [3.63, 3.8) is 0 Å². The lowest BCUT2D eigenvalue weighted by atomic mass is 10.2. The van der Waals surface area contributed by atoms with Crippen molar-refractivity contribution in [2.24, 2.45) is 0 Å². The van der Waals surface area contributed by atoms with E-state index in [0.29, 0.717) is 23.7 Å². The van der Waals surface area contributed by atoms with Crippen LogP contribution in [0.2, 0.25) is 0 Å². The highest BCUT2D eigenvalue weighted by Gasteiger charge is 2.16. The zero-order chi connectivity index (χ0) is 17.8. The Morgan fingerprint density at radius 2 is 2.15 bits per heavy atom. The molecule has 3 aromatic heterocycles. The van der Waals surface area contributed by atoms with Crippen LogP contribution in [0.15, 0.2) is 44.1 Å². The Hall–Kier alpha value is -2.91. The number of rotatable bonds is 6. The molecule has 1 saturated heterocycles. The third-order valence-electron chi connectivity index (χ3n) is 4.01. The summed E-state index contributed by atoms with van der Waals surface area (Å²) >= 11 is 0. The molecule has 0 atom stereocenters. The Labute approximate surface area is 148 Å². The van der Waals surface area contributed by atoms with Gasteiger partial charge in [-0.15, -0.1) is 0 Å². The first-order valence-corrected chi connectivity index (χ1v) is 8.30. The number of aromatic nitrogens is 2. The van der Waals surface area contributed by atoms with Crippen LogP contribution in [-0.2, 0) is 17.8 Å². The molecule has 0 aliphatic carbocycles. The number of amides is 1. The largest absolute Gasteiger partial charge is 0.467 e. The summed E-state index contributed by atoms with van der Waals surface area (Å²) in [4.78, 5) is 18.6. The molecule has 0 saturated carbocycles. The maximum atomic E-state index is 12.2. The molecule has 1 aliphatic heterocycles. The van der Waals surface area contributed by atoms with Gasteiger partial charge in [-0.1, -0.05) is 5.16 Å². The first-order chi connectivity index (χ1) is 12.8. The molecule has 1 aliphatic rings. The molecule has 0 unspecified atom stereocenters. The van der Waals surface area contributed by atoms with Gasteiger partial charge in [-0.25, -0.2) is 0 Å². The zero-order valence-corrected chi connectivity index (χ0v) is 14.0. The summed E-state index contributed by atoms with van der Waals surface area (Å²) in [6, 6.07) is 5.20. The van der Waals surface area contributed by atoms with Crippen molar-refractivity contribution in [3.8, 4) is 11.7 Å². The van der Waals surface area contributed by atoms with Gasteiger partial charge < -0.3 is 23.4 Å². The molecule has 0 spiro atoms. The smallest absolute Gasteiger partial charge is 0.293 e. The van der Waals surface area contributed by atoms with Crippen molar-refractivity contribution in [2.45, 2.75) is 13.1 Å². The number of hydrogen-bond acceptors (Lipinski definition) is 8. The molecule has 0 aromatic carbocycles. The van der Waals surface area contributed by atoms with E-state index >= 15 is 0 Å². The van der Waals surface area contributed by atoms with Gasteiger partial charge in [0.05, 0.1) is 38.1 Å². The fraction of sp³-hybridized carbons (Fsp3) is 0.353. The van der Waals surface area contributed by atoms with Crippen molar-refractivity contribution in [1.29, 1.82) is 0 Å². The first kappa shape index (κ1) is 16.6. The van der Waals surface area contributed by atoms with Gasteiger partial charge in [0.1, 0.15) is 12.0 Å². The summed E-state index contributed by atoms with van der Waals surface area (Å²) in [5, 5.41) is 6.56. The quantitative estimate of drug-likeness (QED) is 0.709. The number of nitrogens with zero attached hydrogens (tertiary/aromatic N) is 3. The highest BCUT2D eigenvalue weighted by molar-refractivity contribution is 5.93. The average molecular weight is 358 g/mol. The Bertz CT molecular complexity index is 848. The van der Waals surface area contributed by atoms with Crippen molar-refractivity contribution in [2.75, 3.05) is 26.3 Å². The number of ether oxygens (including phenoxy) is 1. The molecule has 26 heavy (non-hydrogen) atoms. The van der Waals surface area contributed by atoms with E-state index in [-0.39, 0.29) is 18.3 Å². The van der Waals surface area contributed by atoms with Crippen LogP contribution in [0, 0.1) is 0 Å². The summed E-state index contributed by atoms with van der Waals surface area (Å²) in [5.41, 5.74) is 0.461. The summed E-state index contributed by atoms with van der Waals surface area (Å²) in [6.45, 7) is 3.97. The number of carbonyl (C=O) groups excluding carboxylic acids is 1. The second-order valence-corrected chi connectivity index (χ2v) is 5.87. The maximum Gasteiger partial charge on any atom is 0.293 e. The van der Waals surface area contributed by atoms with E-state index in [4.69, 9.17) is 18.1 Å². The van der Waals surface area contributed by atoms with Gasteiger partial charge in [0.25, 0.3) is 11.8 Å². The van der Waals surface area contributed by atoms with E-state index in [0.717, 1.165) is 32.1 Å². The van der Waals surface area contributed by atoms with Gasteiger partial charge in [0.2, 0.25) is 0 Å². The molecular formula is C17H18N4O5. The zero-order valence-electron chi connectivity index (χ0n) is 14.0. The van der Waals surface area contributed by atoms with Crippen molar-refractivity contribution in [3.05, 3.63) is 47.9 Å². The van der Waals surface area contributed by atoms with Crippen LogP contribution in [0.25, 0.3) is 11.7 Å². The minimum atomic E-state index is -0.258. The summed E-state index contributed by atoms with van der Waals surface area (Å²) in [6.07, 6.45) is 2.98. The number of morpholine rings is 1. The minimum absolute atomic E-state index is 0.146. The molecule has 1 amide bonds. The molecule has 9 heteroatoms. The van der Waals surface area contributed by atoms with Crippen LogP contribution in [0.1, 0.15) is 21.9 Å². The second kappa shape index (κ2) is 7.54. The van der Waals surface area contributed by atoms with Gasteiger partial charge in [0, 0.05) is 13.1 Å². The molecule has 1 N–H and O–H groups in total. The Morgan fingerprint density at radius 1 is 1.27 bits per heavy atom. The lowest BCUT2D eigenvalue weighted by Gasteiger charge is -2.25. The normalized spacial score (nSPS) is 15.2. The molecule has 3 aromatic rings. The predicted octanol–water partition coefficient (Wildman–Crippen LogP) is 1.68. The van der Waals surface area contributed by atoms with Crippen LogP contribution in [0.3, 0.4) is 0 Å². The highest BCUT2D eigenvalue weighted by Crippen LogP contribution is 2.17. The second-order valence-electron chi connectivity index (χ2n) is 5.87. The van der Waals surface area contributed by atoms with Crippen LogP contribution in [0.5, 0.6) is 0 Å². The fourth-order valence-electron chi connectivity index (χ4n) is 2.65. The summed E-state index contributed by atoms with van der Waals surface area (Å²) in [7, 11) is 0. The molecule has 0 radical (unpaired) electrons. The van der Waals surface area contributed by atoms with E-state index in [9.17, 15) is 4.79 Å². The number of nitrogens with one attached hydrogen (secondary N) is 1. The molecule has 4 rings (SSSR count). The van der Waals surface area contributed by atoms with E-state index in [1.165, 1.54) is 12.5 Å². The van der Waals surface area contributed by atoms with Gasteiger partial charge in [-0.2, -0.15) is 4.98 Å². The van der Waals surface area contributed by atoms with Crippen LogP contribution in [-0.4, -0.2) is 47.3 Å². The maximum absolute atomic E-state index is 12.2. The molecule has 136 valence electrons. The van der Waals surface area contributed by atoms with E-state index in [1.54, 1.807) is 18.2 Å². The topological polar surface area (TPSA) is 107 Å². The van der Waals surface area contributed by atoms with Crippen molar-refractivity contribution < 1.29 is 22.9 Å². The lowest BCUT2D eigenvalue weighted by molar-refractivity contribution is 0.0313. The average Bonchev–Trinajstić information content (AvgIpc) is 3.41. The SMILES string of the molecule is O=C(NCc1noc(-c2ccco2)n1)c1coc(CN2CCOCC2)c1. The Kier molecular flexibility index (Phi) is 4.80. The van der Waals surface area contributed by atoms with Gasteiger partial charge in [0.15, 0.2) is 11.6 Å². The minimum Gasteiger partial charge on any atom is -0.467 e. The fourth-order valence-corrected chi connectivity index (χ4v) is 2.65. The molecule has 1 fully saturated rings. The molecule has 4 heterocycles. The third-order valence-corrected chi connectivity index (χ3v) is 4.01. The highest BCUT2D eigenvalue weighted by atomic mass is 16.5. The Morgan fingerprint density at radius 3 is 2.96 bits per heavy atom. The third kappa shape index (κ3) is 3.84. The standard InChI is InChI=1S/C17H18N4O5/c22-16(12-8-13(25-11-12)10-21-3-6-23-7-4-21)18-9-15-19-17(26-20-15)14-2-1-5-24-14/h1-2,5,8,11H,3-4,6-7,9-10H2,(H,18,22). The molecule has 9 nitrogen and oxygen atoms in total. The van der Waals surface area contributed by atoms with Crippen molar-refractivity contribution >= 4 is 5.91 Å². The van der Waals surface area contributed by atoms with Gasteiger partial charge in [-0.3, -0.25) is 9.69 Å². The van der Waals surface area contributed by atoms with Gasteiger partial charge >= 0.3 is 0 Å². The van der Waals surface area contributed by atoms with Crippen LogP contribution < -0.4 is 5.32 Å². The monoisotopic (exact) mass is 358 g/mol. The van der Waals surface area contributed by atoms with Crippen LogP contribution >= 0.6 is 0 Å². The summed E-state index contributed by atoms with van der Waals surface area (Å²) in [5.74, 6) is 1.61. The van der Waals surface area contributed by atoms with E-state index in [2.05, 4.69) is 20.4 Å². The van der Waals surface area contributed by atoms with E-state index in [1.807, 2.05) is 0 Å². The first-order valence-electron chi connectivity index (χ1n) is 8.30. The van der Waals surface area contributed by atoms with E-state index < -0.39 is 0 Å². The predicted molar refractivity (Wildman–Crippen MR) is 88.0 cm³/mol. The Balaban J connectivity index is 1.31. The van der Waals surface area contributed by atoms with Crippen molar-refractivity contribution in [1.82, 2.24) is 20.4 Å². The van der Waals surface area contributed by atoms with Gasteiger partial charge in [-0.05, 0) is 18.2 Å². The van der Waals surface area contributed by atoms with Crippen LogP contribution in [0.4, 0.5) is 0 Å². The summed E-state index contributed by atoms with van der Waals surface area (Å²) < 4.78 is 21.1. The lowest BCUT2D eigenvalue weighted by Crippen LogP contribution is -2.35. The molecule has 0 bridgehead atoms. The molecular weight excluding hydrogens is 340 g/mol. The number of carbonyl (C=O) groups is 1. The number of hydrogen-bond donors (Lipinski definition) is 1. The number of furan rings is 2.